The highest BCUT2D eigenvalue weighted by Gasteiger charge is 2.41. The van der Waals surface area contributed by atoms with Gasteiger partial charge in [0.15, 0.2) is 0 Å². The molecule has 0 spiro atoms. The van der Waals surface area contributed by atoms with Gasteiger partial charge in [-0.3, -0.25) is 0 Å². The third kappa shape index (κ3) is 1.76. The predicted molar refractivity (Wildman–Crippen MR) is 133 cm³/mol. The van der Waals surface area contributed by atoms with Crippen molar-refractivity contribution >= 4 is 39.6 Å². The molecular formula is C28H25BN2. The van der Waals surface area contributed by atoms with Crippen LogP contribution in [0.1, 0.15) is 33.4 Å². The van der Waals surface area contributed by atoms with Gasteiger partial charge in [0, 0.05) is 33.9 Å². The highest BCUT2D eigenvalue weighted by Crippen LogP contribution is 2.44. The summed E-state index contributed by atoms with van der Waals surface area (Å²) in [6, 6.07) is 11.4. The molecule has 0 saturated heterocycles. The largest absolute Gasteiger partial charge is 0.382 e. The summed E-state index contributed by atoms with van der Waals surface area (Å²) in [7, 11) is 0. The summed E-state index contributed by atoms with van der Waals surface area (Å²) in [4.78, 5) is 0. The van der Waals surface area contributed by atoms with E-state index in [9.17, 15) is 0 Å². The van der Waals surface area contributed by atoms with Gasteiger partial charge in [0.05, 0.1) is 0 Å². The van der Waals surface area contributed by atoms with Crippen molar-refractivity contribution in [3.8, 4) is 16.8 Å². The molecule has 0 bridgehead atoms. The van der Waals surface area contributed by atoms with Crippen LogP contribution in [0.25, 0.3) is 38.6 Å². The van der Waals surface area contributed by atoms with E-state index >= 15 is 0 Å². The molecular weight excluding hydrogens is 375 g/mol. The molecule has 4 heterocycles. The van der Waals surface area contributed by atoms with Crippen LogP contribution in [0, 0.1) is 41.5 Å². The minimum absolute atomic E-state index is 0.223. The molecule has 0 atom stereocenters. The van der Waals surface area contributed by atoms with Crippen molar-refractivity contribution in [2.45, 2.75) is 41.5 Å². The van der Waals surface area contributed by atoms with E-state index in [4.69, 9.17) is 0 Å². The first-order valence-electron chi connectivity index (χ1n) is 11.3. The van der Waals surface area contributed by atoms with Crippen LogP contribution < -0.4 is 10.9 Å². The van der Waals surface area contributed by atoms with Crippen molar-refractivity contribution in [3.63, 3.8) is 0 Å². The summed E-state index contributed by atoms with van der Waals surface area (Å²) < 4.78 is 5.03. The highest BCUT2D eigenvalue weighted by atomic mass is 15.0. The van der Waals surface area contributed by atoms with Crippen molar-refractivity contribution in [1.82, 2.24) is 9.05 Å². The molecule has 0 saturated carbocycles. The molecule has 2 nitrogen and oxygen atoms in total. The lowest BCUT2D eigenvalue weighted by Gasteiger charge is -2.37. The maximum atomic E-state index is 2.56. The maximum Gasteiger partial charge on any atom is 0.332 e. The molecule has 2 aromatic heterocycles. The van der Waals surface area contributed by atoms with Gasteiger partial charge in [0.25, 0.3) is 0 Å². The molecule has 5 aromatic rings. The molecule has 31 heavy (non-hydrogen) atoms. The van der Waals surface area contributed by atoms with Gasteiger partial charge in [0.2, 0.25) is 0 Å². The maximum absolute atomic E-state index is 2.56. The summed E-state index contributed by atoms with van der Waals surface area (Å²) in [6.07, 6.45) is 4.61. The predicted octanol–water partition coefficient (Wildman–Crippen LogP) is 5.38. The van der Waals surface area contributed by atoms with Crippen LogP contribution in [0.2, 0.25) is 0 Å². The Balaban J connectivity index is 1.82. The number of para-hydroxylation sites is 1. The van der Waals surface area contributed by atoms with Crippen LogP contribution in [-0.2, 0) is 0 Å². The Kier molecular flexibility index (Phi) is 3.01. The first-order valence-corrected chi connectivity index (χ1v) is 11.3. The summed E-state index contributed by atoms with van der Waals surface area (Å²) in [6.45, 7) is 14.1. The molecule has 150 valence electrons. The fourth-order valence-corrected chi connectivity index (χ4v) is 6.52. The molecule has 3 heteroatoms. The monoisotopic (exact) mass is 400 g/mol. The second-order valence-corrected chi connectivity index (χ2v) is 9.62. The normalized spacial score (nSPS) is 13.4. The van der Waals surface area contributed by atoms with E-state index in [2.05, 4.69) is 93.3 Å². The van der Waals surface area contributed by atoms with E-state index in [1.165, 1.54) is 82.9 Å². The van der Waals surface area contributed by atoms with Crippen molar-refractivity contribution in [2.75, 3.05) is 0 Å². The Bertz CT molecular complexity index is 1640. The van der Waals surface area contributed by atoms with Crippen LogP contribution in [0.3, 0.4) is 0 Å². The average molecular weight is 400 g/mol. The molecule has 2 aliphatic heterocycles. The quantitative estimate of drug-likeness (QED) is 0.303. The molecule has 0 N–H and O–H groups in total. The zero-order valence-corrected chi connectivity index (χ0v) is 19.0. The van der Waals surface area contributed by atoms with Gasteiger partial charge in [-0.05, 0) is 115 Å². The van der Waals surface area contributed by atoms with Gasteiger partial charge in [-0.1, -0.05) is 18.2 Å². The molecule has 0 fully saturated rings. The van der Waals surface area contributed by atoms with Gasteiger partial charge in [0.1, 0.15) is 0 Å². The standard InChI is InChI=1S/C28H25BN2/c1-14-16(3)21-11-13-31-28(21)24(18(14)5)23-17(4)15(2)19(6)26-25(23)29(31)22-9-7-8-20-10-12-30(26)27(20)22/h7-13H,1-6H3. The van der Waals surface area contributed by atoms with Gasteiger partial charge in [-0.15, -0.1) is 0 Å². The van der Waals surface area contributed by atoms with E-state index < -0.39 is 0 Å². The van der Waals surface area contributed by atoms with E-state index in [1.807, 2.05) is 0 Å². The number of fused-ring (bicyclic) bond motifs is 4. The number of hydrogen-bond donors (Lipinski definition) is 0. The van der Waals surface area contributed by atoms with E-state index in [1.54, 1.807) is 0 Å². The fraction of sp³-hybridized carbons (Fsp3) is 0.214. The molecule has 0 aliphatic carbocycles. The summed E-state index contributed by atoms with van der Waals surface area (Å²) >= 11 is 0. The van der Waals surface area contributed by atoms with Crippen LogP contribution >= 0.6 is 0 Å². The van der Waals surface area contributed by atoms with Gasteiger partial charge < -0.3 is 9.05 Å². The lowest BCUT2D eigenvalue weighted by Crippen LogP contribution is -2.55. The second-order valence-electron chi connectivity index (χ2n) is 9.62. The van der Waals surface area contributed by atoms with Crippen LogP contribution in [0.4, 0.5) is 0 Å². The smallest absolute Gasteiger partial charge is 0.332 e. The van der Waals surface area contributed by atoms with Crippen molar-refractivity contribution in [2.24, 2.45) is 0 Å². The Morgan fingerprint density at radius 1 is 0.645 bits per heavy atom. The number of aryl methyl sites for hydroxylation is 1. The van der Waals surface area contributed by atoms with Crippen LogP contribution in [0.5, 0.6) is 0 Å². The Morgan fingerprint density at radius 2 is 1.39 bits per heavy atom. The number of aromatic nitrogens is 2. The van der Waals surface area contributed by atoms with E-state index in [0.29, 0.717) is 0 Å². The summed E-state index contributed by atoms with van der Waals surface area (Å²) in [5, 5.41) is 2.73. The zero-order valence-electron chi connectivity index (χ0n) is 19.0. The fourth-order valence-electron chi connectivity index (χ4n) is 6.52. The Morgan fingerprint density at radius 3 is 2.19 bits per heavy atom. The minimum atomic E-state index is 0.223. The lowest BCUT2D eigenvalue weighted by atomic mass is 9.45. The highest BCUT2D eigenvalue weighted by molar-refractivity contribution is 6.89. The second kappa shape index (κ2) is 5.34. The first kappa shape index (κ1) is 17.5. The SMILES string of the molecule is Cc1c(C)c2c3c(c1C)-n1ccc4cccc(c41)B3n1ccc3c(C)c(C)c(C)c-2c31. The molecule has 0 radical (unpaired) electrons. The topological polar surface area (TPSA) is 9.86 Å². The average Bonchev–Trinajstić information content (AvgIpc) is 3.40. The first-order chi connectivity index (χ1) is 14.9. The summed E-state index contributed by atoms with van der Waals surface area (Å²) in [5.41, 5.74) is 18.5. The van der Waals surface area contributed by atoms with Crippen molar-refractivity contribution < 1.29 is 0 Å². The number of nitrogens with zero attached hydrogens (tertiary/aromatic N) is 2. The van der Waals surface area contributed by atoms with E-state index in [-0.39, 0.29) is 6.85 Å². The molecule has 2 aliphatic rings. The van der Waals surface area contributed by atoms with Crippen LogP contribution in [0.15, 0.2) is 42.7 Å². The summed E-state index contributed by atoms with van der Waals surface area (Å²) in [5.74, 6) is 0. The third-order valence-electron chi connectivity index (χ3n) is 8.52. The lowest BCUT2D eigenvalue weighted by molar-refractivity contribution is 1.08. The Labute approximate surface area is 183 Å². The number of hydrogen-bond acceptors (Lipinski definition) is 0. The minimum Gasteiger partial charge on any atom is -0.382 e. The third-order valence-corrected chi connectivity index (χ3v) is 8.52. The molecule has 0 unspecified atom stereocenters. The number of rotatable bonds is 0. The van der Waals surface area contributed by atoms with Gasteiger partial charge >= 0.3 is 6.85 Å². The van der Waals surface area contributed by atoms with E-state index in [0.717, 1.165) is 0 Å². The molecule has 0 amide bonds. The molecule has 7 rings (SSSR count). The van der Waals surface area contributed by atoms with Gasteiger partial charge in [-0.2, -0.15) is 0 Å². The van der Waals surface area contributed by atoms with Crippen molar-refractivity contribution in [1.29, 1.82) is 0 Å². The number of benzene rings is 3. The van der Waals surface area contributed by atoms with Crippen LogP contribution in [-0.4, -0.2) is 15.9 Å². The van der Waals surface area contributed by atoms with Gasteiger partial charge in [-0.25, -0.2) is 0 Å². The molecule has 3 aromatic carbocycles. The zero-order chi connectivity index (χ0) is 21.3. The van der Waals surface area contributed by atoms with Crippen molar-refractivity contribution in [3.05, 3.63) is 76.1 Å². The Hall–Kier alpha value is -3.20.